The van der Waals surface area contributed by atoms with Crippen LogP contribution >= 0.6 is 15.6 Å². The van der Waals surface area contributed by atoms with Gasteiger partial charge in [0.05, 0.1) is 26.4 Å². The Labute approximate surface area is 524 Å². The Morgan fingerprint density at radius 3 is 0.826 bits per heavy atom. The van der Waals surface area contributed by atoms with Gasteiger partial charge in [0.25, 0.3) is 0 Å². The fourth-order valence-electron chi connectivity index (χ4n) is 10.1. The van der Waals surface area contributed by atoms with E-state index in [1.807, 2.05) is 0 Å². The molecule has 86 heavy (non-hydrogen) atoms. The van der Waals surface area contributed by atoms with E-state index in [1.165, 1.54) is 154 Å². The maximum Gasteiger partial charge on any atom is 0.472 e. The SMILES string of the molecule is CCCCCCCCCCCCCCCCCCC(=O)O[C@H](COC(=O)CCCCCCCCCCC(C)CC)COP(=O)(O)OC[C@@H](O)COP(=O)(O)OC[C@@H](COC(=O)CCCCCCCCC)OC(=O)CCCCCCCCCCCCC. The second-order valence-corrected chi connectivity index (χ2v) is 27.4. The van der Waals surface area contributed by atoms with Crippen LogP contribution in [-0.2, 0) is 65.4 Å². The summed E-state index contributed by atoms with van der Waals surface area (Å²) in [6.07, 6.45) is 45.8. The zero-order valence-electron chi connectivity index (χ0n) is 55.4. The minimum absolute atomic E-state index is 0.107. The third-order valence-corrected chi connectivity index (χ3v) is 17.8. The van der Waals surface area contributed by atoms with Crippen LogP contribution in [0.15, 0.2) is 0 Å². The quantitative estimate of drug-likeness (QED) is 0.0222. The van der Waals surface area contributed by atoms with Gasteiger partial charge in [0, 0.05) is 25.7 Å². The first-order valence-electron chi connectivity index (χ1n) is 35.2. The normalized spacial score (nSPS) is 14.5. The number of phosphoric acid groups is 2. The molecule has 0 aliphatic rings. The van der Waals surface area contributed by atoms with Crippen LogP contribution in [0.25, 0.3) is 0 Å². The van der Waals surface area contributed by atoms with Crippen molar-refractivity contribution in [3.05, 3.63) is 0 Å². The van der Waals surface area contributed by atoms with Gasteiger partial charge in [-0.05, 0) is 31.6 Å². The number of unbranched alkanes of at least 4 members (excludes halogenated alkanes) is 38. The lowest BCUT2D eigenvalue weighted by molar-refractivity contribution is -0.161. The number of hydrogen-bond donors (Lipinski definition) is 3. The molecule has 0 amide bonds. The van der Waals surface area contributed by atoms with E-state index in [-0.39, 0.29) is 25.7 Å². The molecular formula is C67H130O17P2. The number of rotatable bonds is 67. The fourth-order valence-corrected chi connectivity index (χ4v) is 11.7. The first-order valence-corrected chi connectivity index (χ1v) is 38.2. The molecule has 0 rings (SSSR count). The van der Waals surface area contributed by atoms with Crippen molar-refractivity contribution in [1.82, 2.24) is 0 Å². The zero-order chi connectivity index (χ0) is 63.5. The van der Waals surface area contributed by atoms with Gasteiger partial charge in [-0.25, -0.2) is 9.13 Å². The van der Waals surface area contributed by atoms with Crippen molar-refractivity contribution in [3.8, 4) is 0 Å². The van der Waals surface area contributed by atoms with E-state index in [4.69, 9.17) is 37.0 Å². The summed E-state index contributed by atoms with van der Waals surface area (Å²) >= 11 is 0. The van der Waals surface area contributed by atoms with E-state index in [2.05, 4.69) is 34.6 Å². The molecule has 0 saturated heterocycles. The van der Waals surface area contributed by atoms with Crippen molar-refractivity contribution in [2.75, 3.05) is 39.6 Å². The van der Waals surface area contributed by atoms with Crippen molar-refractivity contribution in [1.29, 1.82) is 0 Å². The number of hydrogen-bond acceptors (Lipinski definition) is 15. The Morgan fingerprint density at radius 2 is 0.558 bits per heavy atom. The number of phosphoric ester groups is 2. The van der Waals surface area contributed by atoms with E-state index in [0.717, 1.165) is 109 Å². The Morgan fingerprint density at radius 1 is 0.326 bits per heavy atom. The molecule has 0 aliphatic heterocycles. The topological polar surface area (TPSA) is 237 Å². The first kappa shape index (κ1) is 84.1. The van der Waals surface area contributed by atoms with Crippen LogP contribution in [0, 0.1) is 5.92 Å². The lowest BCUT2D eigenvalue weighted by Crippen LogP contribution is -2.30. The van der Waals surface area contributed by atoms with Crippen molar-refractivity contribution in [2.45, 2.75) is 361 Å². The molecule has 17 nitrogen and oxygen atoms in total. The van der Waals surface area contributed by atoms with Crippen LogP contribution < -0.4 is 0 Å². The minimum atomic E-state index is -4.95. The molecule has 0 heterocycles. The lowest BCUT2D eigenvalue weighted by Gasteiger charge is -2.21. The Balaban J connectivity index is 5.21. The summed E-state index contributed by atoms with van der Waals surface area (Å²) in [7, 11) is -9.89. The highest BCUT2D eigenvalue weighted by Gasteiger charge is 2.30. The number of carbonyl (C=O) groups excluding carboxylic acids is 4. The maximum atomic E-state index is 13.0. The molecule has 0 bridgehead atoms. The van der Waals surface area contributed by atoms with Crippen molar-refractivity contribution in [3.63, 3.8) is 0 Å². The predicted molar refractivity (Wildman–Crippen MR) is 345 cm³/mol. The number of aliphatic hydroxyl groups excluding tert-OH is 1. The summed E-state index contributed by atoms with van der Waals surface area (Å²) in [6, 6.07) is 0. The van der Waals surface area contributed by atoms with Gasteiger partial charge in [-0.1, -0.05) is 291 Å². The molecule has 0 aromatic carbocycles. The molecule has 0 fully saturated rings. The van der Waals surface area contributed by atoms with Crippen LogP contribution in [-0.4, -0.2) is 96.7 Å². The average Bonchev–Trinajstić information content (AvgIpc) is 3.60. The summed E-state index contributed by atoms with van der Waals surface area (Å²) in [5.41, 5.74) is 0. The summed E-state index contributed by atoms with van der Waals surface area (Å²) in [6.45, 7) is 7.19. The smallest absolute Gasteiger partial charge is 0.462 e. The molecule has 19 heteroatoms. The summed E-state index contributed by atoms with van der Waals surface area (Å²) in [5.74, 6) is -1.35. The molecule has 510 valence electrons. The van der Waals surface area contributed by atoms with E-state index >= 15 is 0 Å². The Hall–Kier alpha value is -1.94. The molecule has 6 atom stereocenters. The predicted octanol–water partition coefficient (Wildman–Crippen LogP) is 19.0. The van der Waals surface area contributed by atoms with Crippen molar-refractivity contribution in [2.24, 2.45) is 5.92 Å². The molecule has 0 saturated carbocycles. The molecule has 0 radical (unpaired) electrons. The lowest BCUT2D eigenvalue weighted by atomic mass is 9.99. The number of aliphatic hydroxyl groups is 1. The third kappa shape index (κ3) is 59.7. The van der Waals surface area contributed by atoms with Gasteiger partial charge in [0.1, 0.15) is 19.3 Å². The van der Waals surface area contributed by atoms with Crippen molar-refractivity contribution >= 4 is 39.5 Å². The van der Waals surface area contributed by atoms with Gasteiger partial charge in [-0.3, -0.25) is 37.3 Å². The molecule has 3 N–H and O–H groups in total. The molecule has 0 aromatic rings. The summed E-state index contributed by atoms with van der Waals surface area (Å²) in [4.78, 5) is 72.3. The molecule has 3 unspecified atom stereocenters. The second kappa shape index (κ2) is 60.6. The fraction of sp³-hybridized carbons (Fsp3) is 0.940. The maximum absolute atomic E-state index is 13.0. The van der Waals surface area contributed by atoms with Gasteiger partial charge >= 0.3 is 39.5 Å². The highest BCUT2D eigenvalue weighted by Crippen LogP contribution is 2.45. The van der Waals surface area contributed by atoms with E-state index in [0.29, 0.717) is 25.7 Å². The van der Waals surface area contributed by atoms with Gasteiger partial charge in [-0.15, -0.1) is 0 Å². The molecule has 0 aromatic heterocycles. The Kier molecular flexibility index (Phi) is 59.2. The van der Waals surface area contributed by atoms with E-state index < -0.39 is 97.5 Å². The average molecular weight is 1270 g/mol. The van der Waals surface area contributed by atoms with Gasteiger partial charge in [0.15, 0.2) is 12.2 Å². The van der Waals surface area contributed by atoms with Crippen LogP contribution in [0.5, 0.6) is 0 Å². The van der Waals surface area contributed by atoms with Crippen LogP contribution in [0.3, 0.4) is 0 Å². The largest absolute Gasteiger partial charge is 0.472 e. The third-order valence-electron chi connectivity index (χ3n) is 15.9. The second-order valence-electron chi connectivity index (χ2n) is 24.5. The first-order chi connectivity index (χ1) is 41.6. The zero-order valence-corrected chi connectivity index (χ0v) is 57.2. The van der Waals surface area contributed by atoms with E-state index in [9.17, 15) is 43.2 Å². The molecular weight excluding hydrogens is 1140 g/mol. The van der Waals surface area contributed by atoms with Crippen LogP contribution in [0.4, 0.5) is 0 Å². The summed E-state index contributed by atoms with van der Waals surface area (Å²) < 4.78 is 68.1. The highest BCUT2D eigenvalue weighted by molar-refractivity contribution is 7.47. The van der Waals surface area contributed by atoms with Crippen LogP contribution in [0.2, 0.25) is 0 Å². The molecule has 0 spiro atoms. The van der Waals surface area contributed by atoms with Gasteiger partial charge in [-0.2, -0.15) is 0 Å². The monoisotopic (exact) mass is 1270 g/mol. The standard InChI is InChI=1S/C67H130O17P2/c1-6-10-13-16-19-21-23-24-25-26-27-29-31-38-43-48-53-67(72)84-63(57-78-65(70)51-46-41-36-33-32-35-39-44-49-60(5)9-4)59-82-86(75,76)80-55-61(68)54-79-85(73,74)81-58-62(56-77-64(69)50-45-40-34-18-15-12-8-3)83-66(71)52-47-42-37-30-28-22-20-17-14-11-7-2/h60-63,68H,6-59H2,1-5H3,(H,73,74)(H,75,76)/t60?,61-,62+,63+/m0/s1. The minimum Gasteiger partial charge on any atom is -0.462 e. The number of carbonyl (C=O) groups is 4. The van der Waals surface area contributed by atoms with Gasteiger partial charge < -0.3 is 33.8 Å². The van der Waals surface area contributed by atoms with E-state index in [1.54, 1.807) is 0 Å². The summed E-state index contributed by atoms with van der Waals surface area (Å²) in [5, 5.41) is 10.5. The highest BCUT2D eigenvalue weighted by atomic mass is 31.2. The molecule has 0 aliphatic carbocycles. The Bertz CT molecular complexity index is 1670. The number of ether oxygens (including phenoxy) is 4. The van der Waals surface area contributed by atoms with Gasteiger partial charge in [0.2, 0.25) is 0 Å². The number of esters is 4. The van der Waals surface area contributed by atoms with Crippen LogP contribution in [0.1, 0.15) is 343 Å². The van der Waals surface area contributed by atoms with Crippen molar-refractivity contribution < 1.29 is 80.2 Å².